The maximum absolute atomic E-state index is 12.8. The zero-order chi connectivity index (χ0) is 13.8. The lowest BCUT2D eigenvalue weighted by atomic mass is 10.1. The van der Waals surface area contributed by atoms with E-state index < -0.39 is 5.97 Å². The van der Waals surface area contributed by atoms with Crippen molar-refractivity contribution >= 4 is 5.97 Å². The van der Waals surface area contributed by atoms with Crippen LogP contribution in [0.3, 0.4) is 0 Å². The second-order valence-electron chi connectivity index (χ2n) is 4.05. The summed E-state index contributed by atoms with van der Waals surface area (Å²) in [6.45, 7) is 1.87. The fourth-order valence-electron chi connectivity index (χ4n) is 1.63. The number of ether oxygens (including phenoxy) is 2. The van der Waals surface area contributed by atoms with E-state index in [1.54, 1.807) is 12.1 Å². The lowest BCUT2D eigenvalue weighted by Crippen LogP contribution is -2.04. The number of carbonyl (C=O) groups excluding carboxylic acids is 1. The predicted octanol–water partition coefficient (Wildman–Crippen LogP) is 3.71. The Hall–Kier alpha value is -2.36. The second-order valence-corrected chi connectivity index (χ2v) is 4.05. The van der Waals surface area contributed by atoms with Crippen molar-refractivity contribution < 1.29 is 18.7 Å². The molecule has 0 aromatic heterocycles. The number of rotatable bonds is 3. The molecule has 0 radical (unpaired) electrons. The van der Waals surface area contributed by atoms with Gasteiger partial charge in [-0.2, -0.15) is 0 Å². The van der Waals surface area contributed by atoms with Gasteiger partial charge in [-0.05, 0) is 43.3 Å². The molecule has 0 N–H and O–H groups in total. The van der Waals surface area contributed by atoms with Gasteiger partial charge in [0.1, 0.15) is 22.9 Å². The SMILES string of the molecule is COC(=O)c1cc(C)ccc1Oc1ccc(F)cc1. The number of benzene rings is 2. The fraction of sp³-hybridized carbons (Fsp3) is 0.133. The highest BCUT2D eigenvalue weighted by molar-refractivity contribution is 5.92. The molecular weight excluding hydrogens is 247 g/mol. The summed E-state index contributed by atoms with van der Waals surface area (Å²) >= 11 is 0. The number of aryl methyl sites for hydroxylation is 1. The second kappa shape index (κ2) is 5.52. The summed E-state index contributed by atoms with van der Waals surface area (Å²) in [5, 5.41) is 0. The molecule has 0 saturated heterocycles. The first kappa shape index (κ1) is 13.1. The third-order valence-electron chi connectivity index (χ3n) is 2.58. The average Bonchev–Trinajstić information content (AvgIpc) is 2.42. The highest BCUT2D eigenvalue weighted by atomic mass is 19.1. The minimum absolute atomic E-state index is 0.340. The molecule has 98 valence electrons. The van der Waals surface area contributed by atoms with Crippen LogP contribution in [0.5, 0.6) is 11.5 Å². The van der Waals surface area contributed by atoms with Crippen LogP contribution >= 0.6 is 0 Å². The van der Waals surface area contributed by atoms with E-state index in [2.05, 4.69) is 0 Å². The Morgan fingerprint density at radius 3 is 2.42 bits per heavy atom. The van der Waals surface area contributed by atoms with Crippen molar-refractivity contribution in [2.45, 2.75) is 6.92 Å². The number of halogens is 1. The summed E-state index contributed by atoms with van der Waals surface area (Å²) in [6.07, 6.45) is 0. The van der Waals surface area contributed by atoms with Crippen LogP contribution in [0, 0.1) is 12.7 Å². The summed E-state index contributed by atoms with van der Waals surface area (Å²) in [5.74, 6) is 0.0183. The highest BCUT2D eigenvalue weighted by Gasteiger charge is 2.14. The van der Waals surface area contributed by atoms with E-state index in [-0.39, 0.29) is 5.82 Å². The van der Waals surface area contributed by atoms with Crippen molar-refractivity contribution in [3.63, 3.8) is 0 Å². The number of methoxy groups -OCH3 is 1. The van der Waals surface area contributed by atoms with Crippen LogP contribution in [0.1, 0.15) is 15.9 Å². The molecule has 0 bridgehead atoms. The van der Waals surface area contributed by atoms with Gasteiger partial charge in [0.05, 0.1) is 7.11 Å². The van der Waals surface area contributed by atoms with Gasteiger partial charge in [0.15, 0.2) is 0 Å². The van der Waals surface area contributed by atoms with Crippen molar-refractivity contribution in [2.24, 2.45) is 0 Å². The topological polar surface area (TPSA) is 35.5 Å². The Kier molecular flexibility index (Phi) is 3.80. The molecule has 0 aliphatic rings. The first-order valence-electron chi connectivity index (χ1n) is 5.72. The van der Waals surface area contributed by atoms with Gasteiger partial charge >= 0.3 is 5.97 Å². The van der Waals surface area contributed by atoms with Gasteiger partial charge in [0.25, 0.3) is 0 Å². The standard InChI is InChI=1S/C15H13FO3/c1-10-3-8-14(13(9-10)15(17)18-2)19-12-6-4-11(16)5-7-12/h3-9H,1-2H3. The van der Waals surface area contributed by atoms with Gasteiger partial charge in [-0.25, -0.2) is 9.18 Å². The predicted molar refractivity (Wildman–Crippen MR) is 69.0 cm³/mol. The summed E-state index contributed by atoms with van der Waals surface area (Å²) < 4.78 is 23.1. The monoisotopic (exact) mass is 260 g/mol. The Bertz CT molecular complexity index is 591. The minimum atomic E-state index is -0.471. The number of hydrogen-bond acceptors (Lipinski definition) is 3. The number of esters is 1. The van der Waals surface area contributed by atoms with E-state index in [0.29, 0.717) is 17.1 Å². The van der Waals surface area contributed by atoms with Gasteiger partial charge < -0.3 is 9.47 Å². The van der Waals surface area contributed by atoms with Crippen molar-refractivity contribution in [1.82, 2.24) is 0 Å². The quantitative estimate of drug-likeness (QED) is 0.789. The van der Waals surface area contributed by atoms with Crippen molar-refractivity contribution in [1.29, 1.82) is 0 Å². The van der Waals surface area contributed by atoms with Gasteiger partial charge in [-0.1, -0.05) is 11.6 Å². The van der Waals surface area contributed by atoms with E-state index in [4.69, 9.17) is 9.47 Å². The molecule has 0 atom stereocenters. The summed E-state index contributed by atoms with van der Waals surface area (Å²) in [7, 11) is 1.31. The van der Waals surface area contributed by atoms with Crippen molar-refractivity contribution in [2.75, 3.05) is 7.11 Å². The van der Waals surface area contributed by atoms with Gasteiger partial charge in [-0.3, -0.25) is 0 Å². The lowest BCUT2D eigenvalue weighted by Gasteiger charge is -2.10. The normalized spacial score (nSPS) is 10.1. The summed E-state index contributed by atoms with van der Waals surface area (Å²) in [6, 6.07) is 10.8. The molecule has 2 aromatic carbocycles. The molecule has 0 aliphatic carbocycles. The highest BCUT2D eigenvalue weighted by Crippen LogP contribution is 2.27. The van der Waals surface area contributed by atoms with E-state index in [9.17, 15) is 9.18 Å². The molecule has 4 heteroatoms. The number of carbonyl (C=O) groups is 1. The maximum Gasteiger partial charge on any atom is 0.341 e. The van der Waals surface area contributed by atoms with E-state index in [0.717, 1.165) is 5.56 Å². The van der Waals surface area contributed by atoms with E-state index >= 15 is 0 Å². The minimum Gasteiger partial charge on any atom is -0.465 e. The molecule has 2 aromatic rings. The molecule has 0 saturated carbocycles. The van der Waals surface area contributed by atoms with Crippen LogP contribution in [-0.4, -0.2) is 13.1 Å². The average molecular weight is 260 g/mol. The molecule has 2 rings (SSSR count). The third-order valence-corrected chi connectivity index (χ3v) is 2.58. The molecule has 0 amide bonds. The van der Waals surface area contributed by atoms with Gasteiger partial charge in [0.2, 0.25) is 0 Å². The van der Waals surface area contributed by atoms with Crippen LogP contribution < -0.4 is 4.74 Å². The maximum atomic E-state index is 12.8. The van der Waals surface area contributed by atoms with Crippen LogP contribution in [0.4, 0.5) is 4.39 Å². The summed E-state index contributed by atoms with van der Waals surface area (Å²) in [4.78, 5) is 11.7. The van der Waals surface area contributed by atoms with Crippen molar-refractivity contribution in [3.8, 4) is 11.5 Å². The largest absolute Gasteiger partial charge is 0.465 e. The van der Waals surface area contributed by atoms with Crippen LogP contribution in [0.15, 0.2) is 42.5 Å². The van der Waals surface area contributed by atoms with Crippen LogP contribution in [0.25, 0.3) is 0 Å². The molecular formula is C15H13FO3. The Balaban J connectivity index is 2.34. The fourth-order valence-corrected chi connectivity index (χ4v) is 1.63. The summed E-state index contributed by atoms with van der Waals surface area (Å²) in [5.41, 5.74) is 1.26. The number of hydrogen-bond donors (Lipinski definition) is 0. The van der Waals surface area contributed by atoms with Crippen LogP contribution in [-0.2, 0) is 4.74 Å². The van der Waals surface area contributed by atoms with Gasteiger partial charge in [0, 0.05) is 0 Å². The van der Waals surface area contributed by atoms with E-state index in [1.165, 1.54) is 31.4 Å². The Labute approximate surface area is 110 Å². The Morgan fingerprint density at radius 1 is 1.11 bits per heavy atom. The van der Waals surface area contributed by atoms with Crippen molar-refractivity contribution in [3.05, 3.63) is 59.4 Å². The smallest absolute Gasteiger partial charge is 0.341 e. The first-order chi connectivity index (χ1) is 9.10. The zero-order valence-corrected chi connectivity index (χ0v) is 10.6. The van der Waals surface area contributed by atoms with E-state index in [1.807, 2.05) is 13.0 Å². The third kappa shape index (κ3) is 3.10. The Morgan fingerprint density at radius 2 is 1.79 bits per heavy atom. The molecule has 0 aliphatic heterocycles. The lowest BCUT2D eigenvalue weighted by molar-refractivity contribution is 0.0598. The molecule has 0 fully saturated rings. The molecule has 3 nitrogen and oxygen atoms in total. The van der Waals surface area contributed by atoms with Gasteiger partial charge in [-0.15, -0.1) is 0 Å². The molecule has 0 spiro atoms. The first-order valence-corrected chi connectivity index (χ1v) is 5.72. The molecule has 0 unspecified atom stereocenters. The van der Waals surface area contributed by atoms with Crippen LogP contribution in [0.2, 0.25) is 0 Å². The zero-order valence-electron chi connectivity index (χ0n) is 10.6. The molecule has 19 heavy (non-hydrogen) atoms. The molecule has 0 heterocycles.